The third-order valence-electron chi connectivity index (χ3n) is 2.15. The van der Waals surface area contributed by atoms with Crippen molar-refractivity contribution in [1.82, 2.24) is 29.8 Å². The van der Waals surface area contributed by atoms with Crippen molar-refractivity contribution < 1.29 is 8.42 Å². The first-order chi connectivity index (χ1) is 8.77. The van der Waals surface area contributed by atoms with Crippen molar-refractivity contribution in [2.45, 2.75) is 11.4 Å². The number of primary sulfonamides is 1. The van der Waals surface area contributed by atoms with Gasteiger partial charge in [-0.05, 0) is 5.21 Å². The summed E-state index contributed by atoms with van der Waals surface area (Å²) in [5, 5.41) is 15.9. The highest BCUT2D eigenvalue weighted by molar-refractivity contribution is 7.89. The van der Waals surface area contributed by atoms with Crippen molar-refractivity contribution in [2.75, 3.05) is 0 Å². The third-order valence-corrected chi connectivity index (χ3v) is 3.05. The molecule has 0 radical (unpaired) electrons. The molecule has 0 aromatic carbocycles. The Morgan fingerprint density at radius 3 is 2.63 bits per heavy atom. The molecule has 0 aliphatic rings. The lowest BCUT2D eigenvalue weighted by molar-refractivity contribution is 0.589. The average molecular weight is 287 g/mol. The number of H-pyrrole nitrogens is 1. The summed E-state index contributed by atoms with van der Waals surface area (Å²) >= 11 is 0. The van der Waals surface area contributed by atoms with Gasteiger partial charge in [0.2, 0.25) is 10.0 Å². The van der Waals surface area contributed by atoms with Gasteiger partial charge in [-0.15, -0.1) is 10.2 Å². The molecule has 2 rings (SSSR count). The van der Waals surface area contributed by atoms with Crippen LogP contribution in [-0.2, 0) is 23.6 Å². The number of hydrogen-bond donors (Lipinski definition) is 2. The lowest BCUT2D eigenvalue weighted by Gasteiger charge is -2.03. The van der Waals surface area contributed by atoms with Crippen molar-refractivity contribution in [2.24, 2.45) is 12.2 Å². The number of nitrogens with one attached hydrogen (secondary N) is 1. The molecule has 3 N–H and O–H groups in total. The average Bonchev–Trinajstić information content (AvgIpc) is 2.66. The van der Waals surface area contributed by atoms with Gasteiger partial charge in [0.25, 0.3) is 5.56 Å². The van der Waals surface area contributed by atoms with E-state index in [0.717, 1.165) is 10.8 Å². The Kier molecular flexibility index (Phi) is 3.03. The smallest absolute Gasteiger partial charge is 0.291 e. The molecule has 0 aliphatic carbocycles. The normalized spacial score (nSPS) is 11.7. The molecule has 2 aromatic heterocycles. The second-order valence-electron chi connectivity index (χ2n) is 3.62. The maximum Gasteiger partial charge on any atom is 0.328 e. The van der Waals surface area contributed by atoms with Crippen molar-refractivity contribution in [1.29, 1.82) is 0 Å². The number of nitrogens with zero attached hydrogens (tertiary/aromatic N) is 5. The van der Waals surface area contributed by atoms with Crippen LogP contribution in [0.2, 0.25) is 0 Å². The number of aryl methyl sites for hydroxylation is 1. The summed E-state index contributed by atoms with van der Waals surface area (Å²) in [7, 11) is -2.70. The van der Waals surface area contributed by atoms with E-state index >= 15 is 0 Å². The van der Waals surface area contributed by atoms with Gasteiger partial charge < -0.3 is 0 Å². The van der Waals surface area contributed by atoms with Gasteiger partial charge in [0, 0.05) is 6.20 Å². The van der Waals surface area contributed by atoms with Crippen LogP contribution in [0.3, 0.4) is 0 Å². The zero-order valence-corrected chi connectivity index (χ0v) is 10.5. The molecular weight excluding hydrogens is 278 g/mol. The molecule has 0 saturated heterocycles. The molecule has 11 nitrogen and oxygen atoms in total. The van der Waals surface area contributed by atoms with Crippen molar-refractivity contribution in [3.63, 3.8) is 0 Å². The minimum absolute atomic E-state index is 0.147. The number of rotatable bonds is 3. The molecule has 0 fully saturated rings. The highest BCUT2D eigenvalue weighted by Gasteiger charge is 2.16. The molecule has 12 heteroatoms. The van der Waals surface area contributed by atoms with Crippen LogP contribution in [0.5, 0.6) is 0 Å². The molecule has 2 aromatic rings. The molecule has 0 bridgehead atoms. The van der Waals surface area contributed by atoms with Gasteiger partial charge in [0.1, 0.15) is 0 Å². The Bertz CT molecular complexity index is 830. The molecular formula is C7H9N7O4S. The van der Waals surface area contributed by atoms with Gasteiger partial charge >= 0.3 is 5.69 Å². The summed E-state index contributed by atoms with van der Waals surface area (Å²) in [6.45, 7) is -0.147. The van der Waals surface area contributed by atoms with E-state index in [1.165, 1.54) is 11.8 Å². The molecule has 102 valence electrons. The van der Waals surface area contributed by atoms with Crippen LogP contribution in [0.25, 0.3) is 0 Å². The maximum absolute atomic E-state index is 11.5. The third kappa shape index (κ3) is 2.74. The number of hydrogen-bond acceptors (Lipinski definition) is 7. The van der Waals surface area contributed by atoms with E-state index in [1.807, 2.05) is 4.98 Å². The van der Waals surface area contributed by atoms with Crippen molar-refractivity contribution in [3.05, 3.63) is 32.9 Å². The minimum atomic E-state index is -4.22. The number of aromatic amines is 1. The Morgan fingerprint density at radius 1 is 1.42 bits per heavy atom. The summed E-state index contributed by atoms with van der Waals surface area (Å²) < 4.78 is 23.3. The topological polar surface area (TPSA) is 159 Å². The predicted molar refractivity (Wildman–Crippen MR) is 60.6 cm³/mol. The predicted octanol–water partition coefficient (Wildman–Crippen LogP) is -3.24. The van der Waals surface area contributed by atoms with Gasteiger partial charge in [0.05, 0.1) is 13.6 Å². The maximum atomic E-state index is 11.5. The second kappa shape index (κ2) is 4.40. The first kappa shape index (κ1) is 13.1. The monoisotopic (exact) mass is 287 g/mol. The van der Waals surface area contributed by atoms with Gasteiger partial charge in [-0.25, -0.2) is 18.4 Å². The van der Waals surface area contributed by atoms with E-state index in [9.17, 15) is 18.0 Å². The molecule has 2 heterocycles. The molecule has 0 spiro atoms. The van der Waals surface area contributed by atoms with Crippen LogP contribution in [0.1, 0.15) is 5.82 Å². The number of nitrogens with two attached hydrogens (primary N) is 1. The van der Waals surface area contributed by atoms with E-state index in [0.29, 0.717) is 0 Å². The quantitative estimate of drug-likeness (QED) is 0.599. The van der Waals surface area contributed by atoms with E-state index in [1.54, 1.807) is 0 Å². The Balaban J connectivity index is 2.53. The molecule has 0 atom stereocenters. The van der Waals surface area contributed by atoms with Gasteiger partial charge in [-0.2, -0.15) is 4.80 Å². The molecule has 0 aliphatic heterocycles. The van der Waals surface area contributed by atoms with Gasteiger partial charge in [-0.3, -0.25) is 14.3 Å². The highest BCUT2D eigenvalue weighted by atomic mass is 32.2. The SMILES string of the molecule is Cn1nnc(Cn2cc(S(N)(=O)=O)c(=O)[nH]c2=O)n1. The Labute approximate surface area is 105 Å². The van der Waals surface area contributed by atoms with Crippen LogP contribution >= 0.6 is 0 Å². The van der Waals surface area contributed by atoms with Gasteiger partial charge in [0.15, 0.2) is 10.7 Å². The van der Waals surface area contributed by atoms with Gasteiger partial charge in [-0.1, -0.05) is 0 Å². The zero-order chi connectivity index (χ0) is 14.2. The molecule has 0 amide bonds. The fraction of sp³-hybridized carbons (Fsp3) is 0.286. The van der Waals surface area contributed by atoms with E-state index in [2.05, 4.69) is 15.4 Å². The largest absolute Gasteiger partial charge is 0.328 e. The lowest BCUT2D eigenvalue weighted by Crippen LogP contribution is -2.35. The minimum Gasteiger partial charge on any atom is -0.291 e. The van der Waals surface area contributed by atoms with E-state index < -0.39 is 26.2 Å². The van der Waals surface area contributed by atoms with Crippen molar-refractivity contribution >= 4 is 10.0 Å². The second-order valence-corrected chi connectivity index (χ2v) is 5.15. The molecule has 0 saturated carbocycles. The highest BCUT2D eigenvalue weighted by Crippen LogP contribution is 1.97. The first-order valence-electron chi connectivity index (χ1n) is 4.87. The van der Waals surface area contributed by atoms with Crippen LogP contribution < -0.4 is 16.4 Å². The summed E-state index contributed by atoms with van der Waals surface area (Å²) in [5.41, 5.74) is -1.87. The lowest BCUT2D eigenvalue weighted by atomic mass is 10.5. The summed E-state index contributed by atoms with van der Waals surface area (Å²) in [5.74, 6) is 0.178. The van der Waals surface area contributed by atoms with Crippen molar-refractivity contribution in [3.8, 4) is 0 Å². The molecule has 19 heavy (non-hydrogen) atoms. The number of aromatic nitrogens is 6. The van der Waals surface area contributed by atoms with Crippen LogP contribution in [0.15, 0.2) is 20.7 Å². The summed E-state index contributed by atoms with van der Waals surface area (Å²) in [6.07, 6.45) is 0.840. The molecule has 0 unspecified atom stereocenters. The number of sulfonamides is 1. The summed E-state index contributed by atoms with van der Waals surface area (Å²) in [6, 6.07) is 0. The number of tetrazole rings is 1. The van der Waals surface area contributed by atoms with Crippen LogP contribution in [0.4, 0.5) is 0 Å². The van der Waals surface area contributed by atoms with E-state index in [-0.39, 0.29) is 12.4 Å². The standard InChI is InChI=1S/C7H9N7O4S/c1-13-11-5(10-12-13)3-14-2-4(19(8,17)18)6(15)9-7(14)16/h2H,3H2,1H3,(H2,8,17,18)(H,9,15,16). The van der Waals surface area contributed by atoms with Crippen LogP contribution in [-0.4, -0.2) is 38.2 Å². The zero-order valence-electron chi connectivity index (χ0n) is 9.64. The summed E-state index contributed by atoms with van der Waals surface area (Å²) in [4.78, 5) is 25.2. The fourth-order valence-electron chi connectivity index (χ4n) is 1.35. The van der Waals surface area contributed by atoms with E-state index in [4.69, 9.17) is 5.14 Å². The Hall–Kier alpha value is -2.34. The Morgan fingerprint density at radius 2 is 2.11 bits per heavy atom. The fourth-order valence-corrected chi connectivity index (χ4v) is 1.93. The first-order valence-corrected chi connectivity index (χ1v) is 6.41. The van der Waals surface area contributed by atoms with Crippen LogP contribution in [0, 0.1) is 0 Å².